The minimum absolute atomic E-state index is 0.308. The summed E-state index contributed by atoms with van der Waals surface area (Å²) >= 11 is 1.41. The highest BCUT2D eigenvalue weighted by atomic mass is 32.2. The summed E-state index contributed by atoms with van der Waals surface area (Å²) in [5, 5.41) is 3.72. The van der Waals surface area contributed by atoms with Gasteiger partial charge in [-0.2, -0.15) is 0 Å². The van der Waals surface area contributed by atoms with E-state index >= 15 is 0 Å². The van der Waals surface area contributed by atoms with E-state index in [4.69, 9.17) is 9.47 Å². The van der Waals surface area contributed by atoms with Gasteiger partial charge in [0.25, 0.3) is 0 Å². The molecule has 0 aliphatic carbocycles. The van der Waals surface area contributed by atoms with Gasteiger partial charge in [0.05, 0.1) is 19.8 Å². The van der Waals surface area contributed by atoms with Crippen molar-refractivity contribution in [1.82, 2.24) is 9.97 Å². The van der Waals surface area contributed by atoms with Crippen LogP contribution in [0, 0.1) is 0 Å². The molecule has 0 aliphatic heterocycles. The first-order valence-corrected chi connectivity index (χ1v) is 8.90. The van der Waals surface area contributed by atoms with Crippen LogP contribution < -0.4 is 5.32 Å². The molecule has 0 bridgehead atoms. The smallest absolute Gasteiger partial charge is 0.343 e. The van der Waals surface area contributed by atoms with E-state index in [2.05, 4.69) is 15.3 Å². The summed E-state index contributed by atoms with van der Waals surface area (Å²) in [6.07, 6.45) is 3.37. The standard InChI is InChI=1S/C17H21N3O3S/c1-3-23-16(21)14-11-19-17(24-2)20-15(14)18-9-10-22-12-13-7-5-4-6-8-13/h4-8,11H,3,9-10,12H2,1-2H3,(H,18,19,20). The number of esters is 1. The highest BCUT2D eigenvalue weighted by molar-refractivity contribution is 7.98. The summed E-state index contributed by atoms with van der Waals surface area (Å²) < 4.78 is 10.6. The van der Waals surface area contributed by atoms with Crippen molar-refractivity contribution < 1.29 is 14.3 Å². The topological polar surface area (TPSA) is 73.3 Å². The molecule has 1 heterocycles. The van der Waals surface area contributed by atoms with Gasteiger partial charge in [-0.25, -0.2) is 14.8 Å². The van der Waals surface area contributed by atoms with Crippen molar-refractivity contribution in [3.8, 4) is 0 Å². The van der Waals surface area contributed by atoms with Crippen LogP contribution in [0.3, 0.4) is 0 Å². The molecule has 6 nitrogen and oxygen atoms in total. The Morgan fingerprint density at radius 1 is 1.29 bits per heavy atom. The van der Waals surface area contributed by atoms with Crippen LogP contribution >= 0.6 is 11.8 Å². The number of nitrogens with one attached hydrogen (secondary N) is 1. The molecule has 0 saturated heterocycles. The molecule has 0 aliphatic rings. The lowest BCUT2D eigenvalue weighted by molar-refractivity contribution is 0.0526. The number of hydrogen-bond acceptors (Lipinski definition) is 7. The predicted molar refractivity (Wildman–Crippen MR) is 94.4 cm³/mol. The Morgan fingerprint density at radius 2 is 2.08 bits per heavy atom. The minimum atomic E-state index is -0.433. The van der Waals surface area contributed by atoms with Gasteiger partial charge >= 0.3 is 5.97 Å². The van der Waals surface area contributed by atoms with E-state index in [1.54, 1.807) is 6.92 Å². The first-order chi connectivity index (χ1) is 11.7. The predicted octanol–water partition coefficient (Wildman–Crippen LogP) is 3.00. The molecule has 1 N–H and O–H groups in total. The van der Waals surface area contributed by atoms with Crippen LogP contribution in [0.2, 0.25) is 0 Å². The minimum Gasteiger partial charge on any atom is -0.462 e. The van der Waals surface area contributed by atoms with E-state index in [1.165, 1.54) is 18.0 Å². The van der Waals surface area contributed by atoms with Crippen LogP contribution in [0.25, 0.3) is 0 Å². The molecule has 0 amide bonds. The zero-order valence-corrected chi connectivity index (χ0v) is 14.6. The Bertz CT molecular complexity index is 653. The average Bonchev–Trinajstić information content (AvgIpc) is 2.62. The van der Waals surface area contributed by atoms with Crippen LogP contribution in [0.1, 0.15) is 22.8 Å². The molecular weight excluding hydrogens is 326 g/mol. The van der Waals surface area contributed by atoms with Crippen LogP contribution in [0.5, 0.6) is 0 Å². The fraction of sp³-hybridized carbons (Fsp3) is 0.353. The van der Waals surface area contributed by atoms with Crippen molar-refractivity contribution in [3.05, 3.63) is 47.7 Å². The number of benzene rings is 1. The molecule has 0 fully saturated rings. The number of hydrogen-bond donors (Lipinski definition) is 1. The molecule has 1 aromatic heterocycles. The van der Waals surface area contributed by atoms with E-state index in [0.29, 0.717) is 42.9 Å². The van der Waals surface area contributed by atoms with Gasteiger partial charge < -0.3 is 14.8 Å². The molecule has 1 aromatic carbocycles. The second kappa shape index (κ2) is 9.89. The monoisotopic (exact) mass is 347 g/mol. The quantitative estimate of drug-likeness (QED) is 0.323. The van der Waals surface area contributed by atoms with Gasteiger partial charge in [-0.1, -0.05) is 42.1 Å². The molecule has 0 radical (unpaired) electrons. The van der Waals surface area contributed by atoms with Gasteiger partial charge in [-0.05, 0) is 18.7 Å². The first kappa shape index (κ1) is 18.2. The van der Waals surface area contributed by atoms with Crippen molar-refractivity contribution in [2.45, 2.75) is 18.7 Å². The van der Waals surface area contributed by atoms with Crippen molar-refractivity contribution in [2.24, 2.45) is 0 Å². The maximum absolute atomic E-state index is 12.0. The molecule has 0 unspecified atom stereocenters. The molecule has 0 spiro atoms. The lowest BCUT2D eigenvalue weighted by atomic mass is 10.2. The highest BCUT2D eigenvalue weighted by Crippen LogP contribution is 2.17. The fourth-order valence-electron chi connectivity index (χ4n) is 1.96. The second-order valence-electron chi connectivity index (χ2n) is 4.80. The van der Waals surface area contributed by atoms with Crippen molar-refractivity contribution in [3.63, 3.8) is 0 Å². The second-order valence-corrected chi connectivity index (χ2v) is 5.58. The van der Waals surface area contributed by atoms with E-state index in [-0.39, 0.29) is 0 Å². The van der Waals surface area contributed by atoms with Gasteiger partial charge in [0.2, 0.25) is 0 Å². The maximum Gasteiger partial charge on any atom is 0.343 e. The lowest BCUT2D eigenvalue weighted by Gasteiger charge is -2.11. The third kappa shape index (κ3) is 5.50. The Morgan fingerprint density at radius 3 is 2.79 bits per heavy atom. The number of aromatic nitrogens is 2. The van der Waals surface area contributed by atoms with Crippen LogP contribution in [-0.4, -0.2) is 42.0 Å². The summed E-state index contributed by atoms with van der Waals surface area (Å²) in [5.41, 5.74) is 1.45. The Balaban J connectivity index is 1.89. The van der Waals surface area contributed by atoms with Crippen molar-refractivity contribution in [1.29, 1.82) is 0 Å². The Hall–Kier alpha value is -2.12. The molecule has 7 heteroatoms. The first-order valence-electron chi connectivity index (χ1n) is 7.68. The van der Waals surface area contributed by atoms with E-state index < -0.39 is 5.97 Å². The third-order valence-electron chi connectivity index (χ3n) is 3.09. The molecule has 0 saturated carbocycles. The van der Waals surface area contributed by atoms with Crippen molar-refractivity contribution >= 4 is 23.5 Å². The molecule has 2 rings (SSSR count). The van der Waals surface area contributed by atoms with Gasteiger partial charge in [-0.15, -0.1) is 0 Å². The molecule has 0 atom stereocenters. The summed E-state index contributed by atoms with van der Waals surface area (Å²) in [6, 6.07) is 9.96. The van der Waals surface area contributed by atoms with Gasteiger partial charge in [0.15, 0.2) is 5.16 Å². The highest BCUT2D eigenvalue weighted by Gasteiger charge is 2.15. The van der Waals surface area contributed by atoms with Gasteiger partial charge in [0.1, 0.15) is 11.4 Å². The van der Waals surface area contributed by atoms with Crippen LogP contribution in [-0.2, 0) is 16.1 Å². The fourth-order valence-corrected chi connectivity index (χ4v) is 2.30. The normalized spacial score (nSPS) is 10.4. The number of anilines is 1. The lowest BCUT2D eigenvalue weighted by Crippen LogP contribution is -2.16. The number of carbonyl (C=O) groups is 1. The third-order valence-corrected chi connectivity index (χ3v) is 3.66. The van der Waals surface area contributed by atoms with Crippen molar-refractivity contribution in [2.75, 3.05) is 31.3 Å². The zero-order chi connectivity index (χ0) is 17.2. The number of nitrogens with zero attached hydrogens (tertiary/aromatic N) is 2. The Labute approximate surface area is 146 Å². The summed E-state index contributed by atoms with van der Waals surface area (Å²) in [5.74, 6) is 0.0361. The summed E-state index contributed by atoms with van der Waals surface area (Å²) in [4.78, 5) is 20.4. The zero-order valence-electron chi connectivity index (χ0n) is 13.8. The number of thioether (sulfide) groups is 1. The van der Waals surface area contributed by atoms with Gasteiger partial charge in [-0.3, -0.25) is 0 Å². The largest absolute Gasteiger partial charge is 0.462 e. The number of carbonyl (C=O) groups excluding carboxylic acids is 1. The average molecular weight is 347 g/mol. The molecular formula is C17H21N3O3S. The summed E-state index contributed by atoms with van der Waals surface area (Å²) in [6.45, 7) is 3.65. The molecule has 128 valence electrons. The maximum atomic E-state index is 12.0. The van der Waals surface area contributed by atoms with E-state index in [0.717, 1.165) is 5.56 Å². The molecule has 2 aromatic rings. The van der Waals surface area contributed by atoms with Crippen LogP contribution in [0.4, 0.5) is 5.82 Å². The SMILES string of the molecule is CCOC(=O)c1cnc(SC)nc1NCCOCc1ccccc1. The number of ether oxygens (including phenoxy) is 2. The van der Waals surface area contributed by atoms with E-state index in [9.17, 15) is 4.79 Å². The molecule has 24 heavy (non-hydrogen) atoms. The summed E-state index contributed by atoms with van der Waals surface area (Å²) in [7, 11) is 0. The van der Waals surface area contributed by atoms with Gasteiger partial charge in [0, 0.05) is 12.7 Å². The van der Waals surface area contributed by atoms with Crippen LogP contribution in [0.15, 0.2) is 41.7 Å². The van der Waals surface area contributed by atoms with E-state index in [1.807, 2.05) is 36.6 Å². The Kier molecular flexibility index (Phi) is 7.51. The number of rotatable bonds is 9.